The molecule has 4 nitrogen and oxygen atoms in total. The second-order valence-electron chi connectivity index (χ2n) is 3.91. The average molecular weight is 281 g/mol. The molecular formula is C12H15N3OS2. The van der Waals surface area contributed by atoms with Crippen molar-refractivity contribution in [1.29, 1.82) is 0 Å². The summed E-state index contributed by atoms with van der Waals surface area (Å²) in [7, 11) is 0. The molecule has 96 valence electrons. The number of nitrogens with two attached hydrogens (primary N) is 1. The summed E-state index contributed by atoms with van der Waals surface area (Å²) in [5.74, 6) is 0. The van der Waals surface area contributed by atoms with Gasteiger partial charge < -0.3 is 10.7 Å². The van der Waals surface area contributed by atoms with Crippen molar-refractivity contribution >= 4 is 23.1 Å². The molecule has 2 aromatic rings. The Morgan fingerprint density at radius 2 is 2.39 bits per heavy atom. The molecule has 6 heteroatoms. The van der Waals surface area contributed by atoms with Crippen LogP contribution in [0.15, 0.2) is 39.0 Å². The lowest BCUT2D eigenvalue weighted by Gasteiger charge is -2.20. The Labute approximate surface area is 114 Å². The Hall–Kier alpha value is -1.11. The first kappa shape index (κ1) is 13.3. The zero-order valence-corrected chi connectivity index (χ0v) is 11.6. The molecule has 18 heavy (non-hydrogen) atoms. The summed E-state index contributed by atoms with van der Waals surface area (Å²) >= 11 is 3.16. The van der Waals surface area contributed by atoms with Gasteiger partial charge in [0.2, 0.25) is 0 Å². The summed E-state index contributed by atoms with van der Waals surface area (Å²) < 4.78 is 0. The lowest BCUT2D eigenvalue weighted by Crippen LogP contribution is -2.25. The summed E-state index contributed by atoms with van der Waals surface area (Å²) in [5.41, 5.74) is 7.21. The summed E-state index contributed by atoms with van der Waals surface area (Å²) in [6, 6.07) is 3.51. The average Bonchev–Trinajstić information content (AvgIpc) is 2.89. The maximum atomic E-state index is 11.3. The lowest BCUT2D eigenvalue weighted by molar-refractivity contribution is 0.633. The third-order valence-corrected chi connectivity index (χ3v) is 4.63. The van der Waals surface area contributed by atoms with Crippen LogP contribution in [0.4, 0.5) is 0 Å². The van der Waals surface area contributed by atoms with Crippen LogP contribution in [0.3, 0.4) is 0 Å². The Balaban J connectivity index is 2.23. The SMILES string of the molecule is CCC(N)C(Sc1nccc(=O)[nH]1)c1ccsc1. The number of thioether (sulfide) groups is 1. The molecule has 0 fully saturated rings. The number of aromatic amines is 1. The number of aromatic nitrogens is 2. The van der Waals surface area contributed by atoms with Crippen molar-refractivity contribution in [2.45, 2.75) is 29.8 Å². The van der Waals surface area contributed by atoms with E-state index in [9.17, 15) is 4.79 Å². The fraction of sp³-hybridized carbons (Fsp3) is 0.333. The van der Waals surface area contributed by atoms with E-state index in [1.807, 2.05) is 5.38 Å². The summed E-state index contributed by atoms with van der Waals surface area (Å²) in [4.78, 5) is 18.1. The van der Waals surface area contributed by atoms with Crippen LogP contribution >= 0.6 is 23.1 Å². The molecule has 0 amide bonds. The molecule has 0 radical (unpaired) electrons. The number of nitrogens with one attached hydrogen (secondary N) is 1. The summed E-state index contributed by atoms with van der Waals surface area (Å²) in [5, 5.41) is 4.86. The van der Waals surface area contributed by atoms with Crippen molar-refractivity contribution in [2.75, 3.05) is 0 Å². The highest BCUT2D eigenvalue weighted by molar-refractivity contribution is 7.99. The number of hydrogen-bond donors (Lipinski definition) is 2. The first-order valence-electron chi connectivity index (χ1n) is 5.70. The van der Waals surface area contributed by atoms with Gasteiger partial charge >= 0.3 is 0 Å². The quantitative estimate of drug-likeness (QED) is 0.652. The Morgan fingerprint density at radius 1 is 1.56 bits per heavy atom. The van der Waals surface area contributed by atoms with Gasteiger partial charge in [-0.1, -0.05) is 18.7 Å². The first-order chi connectivity index (χ1) is 8.70. The fourth-order valence-corrected chi connectivity index (χ4v) is 3.54. The second-order valence-corrected chi connectivity index (χ2v) is 5.82. The molecule has 2 heterocycles. The lowest BCUT2D eigenvalue weighted by atomic mass is 10.1. The minimum Gasteiger partial charge on any atom is -0.326 e. The van der Waals surface area contributed by atoms with Crippen LogP contribution in [0, 0.1) is 0 Å². The van der Waals surface area contributed by atoms with E-state index in [1.54, 1.807) is 11.3 Å². The normalized spacial score (nSPS) is 14.3. The van der Waals surface area contributed by atoms with Gasteiger partial charge in [-0.05, 0) is 28.8 Å². The van der Waals surface area contributed by atoms with Crippen molar-refractivity contribution in [1.82, 2.24) is 9.97 Å². The summed E-state index contributed by atoms with van der Waals surface area (Å²) in [6.07, 6.45) is 2.40. The van der Waals surface area contributed by atoms with Gasteiger partial charge in [-0.2, -0.15) is 11.3 Å². The summed E-state index contributed by atoms with van der Waals surface area (Å²) in [6.45, 7) is 2.06. The molecule has 0 aromatic carbocycles. The van der Waals surface area contributed by atoms with Gasteiger partial charge in [0, 0.05) is 18.3 Å². The maximum absolute atomic E-state index is 11.3. The van der Waals surface area contributed by atoms with Crippen LogP contribution in [0.1, 0.15) is 24.2 Å². The predicted octanol–water partition coefficient (Wildman–Crippen LogP) is 2.40. The van der Waals surface area contributed by atoms with Crippen LogP contribution < -0.4 is 11.3 Å². The van der Waals surface area contributed by atoms with E-state index < -0.39 is 0 Å². The van der Waals surface area contributed by atoms with Gasteiger partial charge in [0.15, 0.2) is 5.16 Å². The molecule has 3 N–H and O–H groups in total. The highest BCUT2D eigenvalue weighted by atomic mass is 32.2. The van der Waals surface area contributed by atoms with Crippen LogP contribution in [0.2, 0.25) is 0 Å². The van der Waals surface area contributed by atoms with Gasteiger partial charge in [0.1, 0.15) is 0 Å². The predicted molar refractivity (Wildman–Crippen MR) is 76.0 cm³/mol. The van der Waals surface area contributed by atoms with E-state index in [-0.39, 0.29) is 16.9 Å². The van der Waals surface area contributed by atoms with Gasteiger partial charge in [0.05, 0.1) is 5.25 Å². The van der Waals surface area contributed by atoms with Crippen molar-refractivity contribution in [3.63, 3.8) is 0 Å². The van der Waals surface area contributed by atoms with Crippen LogP contribution in [0.5, 0.6) is 0 Å². The fourth-order valence-electron chi connectivity index (χ4n) is 1.59. The molecule has 0 spiro atoms. The zero-order valence-electron chi connectivity index (χ0n) is 10.00. The van der Waals surface area contributed by atoms with Crippen molar-refractivity contribution in [2.24, 2.45) is 5.73 Å². The zero-order chi connectivity index (χ0) is 13.0. The number of nitrogens with zero attached hydrogens (tertiary/aromatic N) is 1. The van der Waals surface area contributed by atoms with E-state index in [0.29, 0.717) is 5.16 Å². The van der Waals surface area contributed by atoms with Crippen molar-refractivity contribution in [3.05, 3.63) is 45.0 Å². The topological polar surface area (TPSA) is 71.8 Å². The highest BCUT2D eigenvalue weighted by Crippen LogP contribution is 2.36. The maximum Gasteiger partial charge on any atom is 0.251 e. The number of H-pyrrole nitrogens is 1. The van der Waals surface area contributed by atoms with Gasteiger partial charge in [-0.3, -0.25) is 4.79 Å². The molecule has 0 aliphatic heterocycles. The minimum absolute atomic E-state index is 0.0371. The number of hydrogen-bond acceptors (Lipinski definition) is 5. The Morgan fingerprint density at radius 3 is 3.00 bits per heavy atom. The van der Waals surface area contributed by atoms with E-state index in [4.69, 9.17) is 5.73 Å². The highest BCUT2D eigenvalue weighted by Gasteiger charge is 2.21. The van der Waals surface area contributed by atoms with Crippen molar-refractivity contribution in [3.8, 4) is 0 Å². The monoisotopic (exact) mass is 281 g/mol. The van der Waals surface area contributed by atoms with Gasteiger partial charge in [0.25, 0.3) is 5.56 Å². The molecule has 2 aromatic heterocycles. The molecule has 0 aliphatic carbocycles. The standard InChI is InChI=1S/C12H15N3OS2/c1-2-9(13)11(8-4-6-17-7-8)18-12-14-5-3-10(16)15-12/h3-7,9,11H,2,13H2,1H3,(H,14,15,16). The Bertz CT molecular complexity index is 538. The third-order valence-electron chi connectivity index (χ3n) is 2.62. The molecule has 2 unspecified atom stereocenters. The molecule has 2 rings (SSSR count). The smallest absolute Gasteiger partial charge is 0.251 e. The third kappa shape index (κ3) is 3.22. The van der Waals surface area contributed by atoms with E-state index >= 15 is 0 Å². The molecule has 2 atom stereocenters. The van der Waals surface area contributed by atoms with Crippen molar-refractivity contribution < 1.29 is 0 Å². The minimum atomic E-state index is -0.137. The van der Waals surface area contributed by atoms with Crippen LogP contribution in [-0.4, -0.2) is 16.0 Å². The first-order valence-corrected chi connectivity index (χ1v) is 7.52. The van der Waals surface area contributed by atoms with Gasteiger partial charge in [-0.15, -0.1) is 0 Å². The van der Waals surface area contributed by atoms with E-state index in [2.05, 4.69) is 28.3 Å². The van der Waals surface area contributed by atoms with E-state index in [1.165, 1.54) is 29.6 Å². The molecule has 0 saturated heterocycles. The largest absolute Gasteiger partial charge is 0.326 e. The number of rotatable bonds is 5. The molecular weight excluding hydrogens is 266 g/mol. The molecule has 0 saturated carbocycles. The van der Waals surface area contributed by atoms with Crippen LogP contribution in [0.25, 0.3) is 0 Å². The molecule has 0 bridgehead atoms. The molecule has 0 aliphatic rings. The van der Waals surface area contributed by atoms with Gasteiger partial charge in [-0.25, -0.2) is 4.98 Å². The van der Waals surface area contributed by atoms with Crippen LogP contribution in [-0.2, 0) is 0 Å². The van der Waals surface area contributed by atoms with E-state index in [0.717, 1.165) is 6.42 Å². The Kier molecular flexibility index (Phi) is 4.57. The second kappa shape index (κ2) is 6.17. The number of thiophene rings is 1.